The van der Waals surface area contributed by atoms with E-state index < -0.39 is 5.97 Å². The van der Waals surface area contributed by atoms with Gasteiger partial charge in [0, 0.05) is 12.2 Å². The van der Waals surface area contributed by atoms with Crippen LogP contribution in [0.3, 0.4) is 0 Å². The molecule has 0 aliphatic carbocycles. The lowest BCUT2D eigenvalue weighted by Gasteiger charge is -2.08. The van der Waals surface area contributed by atoms with Gasteiger partial charge in [-0.25, -0.2) is 19.4 Å². The Morgan fingerprint density at radius 2 is 2.26 bits per heavy atom. The van der Waals surface area contributed by atoms with E-state index in [0.29, 0.717) is 10.8 Å². The van der Waals surface area contributed by atoms with Gasteiger partial charge in [-0.15, -0.1) is 0 Å². The fourth-order valence-electron chi connectivity index (χ4n) is 1.57. The second-order valence-corrected chi connectivity index (χ2v) is 5.19. The topological polar surface area (TPSA) is 80.9 Å². The quantitative estimate of drug-likeness (QED) is 0.845. The average Bonchev–Trinajstić information content (AvgIpc) is 2.85. The molecule has 6 nitrogen and oxygen atoms in total. The molecule has 2 aromatic heterocycles. The van der Waals surface area contributed by atoms with Crippen molar-refractivity contribution in [3.8, 4) is 0 Å². The summed E-state index contributed by atoms with van der Waals surface area (Å²) in [7, 11) is 0. The number of rotatable bonds is 5. The van der Waals surface area contributed by atoms with Crippen LogP contribution in [0.15, 0.2) is 29.7 Å². The Kier molecular flexibility index (Phi) is 4.16. The molecule has 0 aromatic carbocycles. The molecule has 0 saturated carbocycles. The molecular formula is C12H14N4O2S. The maximum atomic E-state index is 10.9. The third kappa shape index (κ3) is 3.31. The largest absolute Gasteiger partial charge is 0.478 e. The highest BCUT2D eigenvalue weighted by Crippen LogP contribution is 2.21. The first-order valence-electron chi connectivity index (χ1n) is 5.78. The van der Waals surface area contributed by atoms with Crippen LogP contribution in [0.25, 0.3) is 0 Å². The normalized spacial score (nSPS) is 10.9. The molecule has 0 saturated heterocycles. The lowest BCUT2D eigenvalue weighted by molar-refractivity contribution is 0.0696. The summed E-state index contributed by atoms with van der Waals surface area (Å²) in [6.07, 6.45) is 3.02. The molecule has 2 heterocycles. The first-order chi connectivity index (χ1) is 9.08. The van der Waals surface area contributed by atoms with Crippen molar-refractivity contribution in [2.75, 3.05) is 0 Å². The van der Waals surface area contributed by atoms with Gasteiger partial charge in [0.2, 0.25) is 0 Å². The highest BCUT2D eigenvalue weighted by molar-refractivity contribution is 7.98. The molecule has 0 fully saturated rings. The third-order valence-electron chi connectivity index (χ3n) is 2.47. The van der Waals surface area contributed by atoms with Crippen molar-refractivity contribution in [3.05, 3.63) is 36.0 Å². The Morgan fingerprint density at radius 1 is 1.47 bits per heavy atom. The summed E-state index contributed by atoms with van der Waals surface area (Å²) in [6.45, 7) is 4.07. The van der Waals surface area contributed by atoms with Gasteiger partial charge in [0.1, 0.15) is 12.2 Å². The maximum absolute atomic E-state index is 10.9. The van der Waals surface area contributed by atoms with E-state index in [1.165, 1.54) is 30.4 Å². The van der Waals surface area contributed by atoms with E-state index >= 15 is 0 Å². The predicted octanol–water partition coefficient (Wildman–Crippen LogP) is 2.24. The average molecular weight is 278 g/mol. The Hall–Kier alpha value is -1.89. The van der Waals surface area contributed by atoms with Gasteiger partial charge in [-0.2, -0.15) is 5.10 Å². The Labute approximate surface area is 114 Å². The zero-order valence-corrected chi connectivity index (χ0v) is 11.5. The van der Waals surface area contributed by atoms with Crippen molar-refractivity contribution in [2.24, 2.45) is 0 Å². The molecule has 0 radical (unpaired) electrons. The van der Waals surface area contributed by atoms with E-state index in [1.54, 1.807) is 6.07 Å². The molecule has 0 atom stereocenters. The zero-order valence-electron chi connectivity index (χ0n) is 10.6. The number of carboxylic acid groups (broad SMARTS) is 1. The van der Waals surface area contributed by atoms with Crippen LogP contribution in [0.1, 0.15) is 36.1 Å². The van der Waals surface area contributed by atoms with Crippen LogP contribution < -0.4 is 0 Å². The Morgan fingerprint density at radius 3 is 2.95 bits per heavy atom. The number of hydrogen-bond acceptors (Lipinski definition) is 5. The molecule has 1 N–H and O–H groups in total. The van der Waals surface area contributed by atoms with E-state index in [9.17, 15) is 4.79 Å². The van der Waals surface area contributed by atoms with Crippen LogP contribution in [0.4, 0.5) is 0 Å². The van der Waals surface area contributed by atoms with Crippen LogP contribution in [-0.2, 0) is 5.75 Å². The minimum Gasteiger partial charge on any atom is -0.478 e. The fraction of sp³-hybridized carbons (Fsp3) is 0.333. The summed E-state index contributed by atoms with van der Waals surface area (Å²) in [5.41, 5.74) is 0.239. The van der Waals surface area contributed by atoms with Gasteiger partial charge < -0.3 is 5.11 Å². The number of aromatic nitrogens is 4. The number of nitrogens with zero attached hydrogens (tertiary/aromatic N) is 4. The first-order valence-corrected chi connectivity index (χ1v) is 6.77. The lowest BCUT2D eigenvalue weighted by Crippen LogP contribution is -2.07. The van der Waals surface area contributed by atoms with Crippen molar-refractivity contribution >= 4 is 17.7 Å². The number of hydrogen-bond donors (Lipinski definition) is 1. The summed E-state index contributed by atoms with van der Waals surface area (Å²) < 4.78 is 1.84. The Balaban J connectivity index is 2.08. The molecule has 0 aliphatic heterocycles. The second kappa shape index (κ2) is 5.83. The van der Waals surface area contributed by atoms with Crippen molar-refractivity contribution < 1.29 is 9.90 Å². The standard InChI is InChI=1S/C12H14N4O2S/c1-8(2)16-10(14-7-15-16)6-19-11-5-9(12(17)18)3-4-13-11/h3-5,7-8H,6H2,1-2H3,(H,17,18). The van der Waals surface area contributed by atoms with E-state index in [1.807, 2.05) is 18.5 Å². The van der Waals surface area contributed by atoms with Gasteiger partial charge in [0.05, 0.1) is 16.3 Å². The van der Waals surface area contributed by atoms with Crippen LogP contribution in [0.2, 0.25) is 0 Å². The Bertz CT molecular complexity index is 583. The van der Waals surface area contributed by atoms with Crippen LogP contribution in [0.5, 0.6) is 0 Å². The third-order valence-corrected chi connectivity index (χ3v) is 3.39. The van der Waals surface area contributed by atoms with Crippen molar-refractivity contribution in [2.45, 2.75) is 30.7 Å². The number of aromatic carboxylic acids is 1. The van der Waals surface area contributed by atoms with Gasteiger partial charge in [0.15, 0.2) is 0 Å². The van der Waals surface area contributed by atoms with Gasteiger partial charge in [-0.05, 0) is 26.0 Å². The molecule has 0 amide bonds. The smallest absolute Gasteiger partial charge is 0.335 e. The number of pyridine rings is 1. The highest BCUT2D eigenvalue weighted by Gasteiger charge is 2.09. The summed E-state index contributed by atoms with van der Waals surface area (Å²) in [5.74, 6) is 0.506. The maximum Gasteiger partial charge on any atom is 0.335 e. The number of carboxylic acids is 1. The van der Waals surface area contributed by atoms with E-state index in [0.717, 1.165) is 5.82 Å². The number of carbonyl (C=O) groups is 1. The molecule has 0 aliphatic rings. The van der Waals surface area contributed by atoms with Crippen molar-refractivity contribution in [1.29, 1.82) is 0 Å². The van der Waals surface area contributed by atoms with Gasteiger partial charge in [-0.1, -0.05) is 11.8 Å². The molecule has 0 unspecified atom stereocenters. The molecule has 0 spiro atoms. The minimum atomic E-state index is -0.949. The predicted molar refractivity (Wildman–Crippen MR) is 71.2 cm³/mol. The number of thioether (sulfide) groups is 1. The van der Waals surface area contributed by atoms with E-state index in [4.69, 9.17) is 5.11 Å². The van der Waals surface area contributed by atoms with Gasteiger partial charge in [-0.3, -0.25) is 0 Å². The molecule has 0 bridgehead atoms. The minimum absolute atomic E-state index is 0.239. The monoisotopic (exact) mass is 278 g/mol. The van der Waals surface area contributed by atoms with Crippen molar-refractivity contribution in [3.63, 3.8) is 0 Å². The molecule has 2 rings (SSSR count). The highest BCUT2D eigenvalue weighted by atomic mass is 32.2. The summed E-state index contributed by atoms with van der Waals surface area (Å²) in [6, 6.07) is 3.28. The van der Waals surface area contributed by atoms with Gasteiger partial charge >= 0.3 is 5.97 Å². The molecule has 100 valence electrons. The first kappa shape index (κ1) is 13.5. The zero-order chi connectivity index (χ0) is 13.8. The SMILES string of the molecule is CC(C)n1ncnc1CSc1cc(C(=O)O)ccn1. The van der Waals surface area contributed by atoms with Crippen LogP contribution in [-0.4, -0.2) is 30.8 Å². The molecule has 2 aromatic rings. The van der Waals surface area contributed by atoms with Crippen LogP contribution in [0, 0.1) is 0 Å². The van der Waals surface area contributed by atoms with Crippen LogP contribution >= 0.6 is 11.8 Å². The summed E-state index contributed by atoms with van der Waals surface area (Å²) >= 11 is 1.44. The molecule has 19 heavy (non-hydrogen) atoms. The van der Waals surface area contributed by atoms with E-state index in [2.05, 4.69) is 15.1 Å². The summed E-state index contributed by atoms with van der Waals surface area (Å²) in [5, 5.41) is 13.7. The molecule has 7 heteroatoms. The molecular weight excluding hydrogens is 264 g/mol. The second-order valence-electron chi connectivity index (χ2n) is 4.19. The summed E-state index contributed by atoms with van der Waals surface area (Å²) in [4.78, 5) is 19.2. The lowest BCUT2D eigenvalue weighted by atomic mass is 10.3. The van der Waals surface area contributed by atoms with E-state index in [-0.39, 0.29) is 11.6 Å². The van der Waals surface area contributed by atoms with Crippen molar-refractivity contribution in [1.82, 2.24) is 19.7 Å². The fourth-order valence-corrected chi connectivity index (χ4v) is 2.40. The van der Waals surface area contributed by atoms with Gasteiger partial charge in [0.25, 0.3) is 0 Å².